The van der Waals surface area contributed by atoms with Crippen molar-refractivity contribution in [1.29, 1.82) is 0 Å². The SMILES string of the molecule is O=C1N(CC2CC2)c2ccc([S+]([O-])c3ccccc3C(F)(F)F)cc2C12OCCCO2. The number of ether oxygens (including phenoxy) is 2. The zero-order chi connectivity index (χ0) is 21.8. The van der Waals surface area contributed by atoms with Gasteiger partial charge >= 0.3 is 6.18 Å². The van der Waals surface area contributed by atoms with Crippen molar-refractivity contribution in [3.05, 3.63) is 53.6 Å². The second-order valence-corrected chi connectivity index (χ2v) is 9.42. The van der Waals surface area contributed by atoms with Crippen LogP contribution in [0.2, 0.25) is 0 Å². The fraction of sp³-hybridized carbons (Fsp3) is 0.409. The highest BCUT2D eigenvalue weighted by atomic mass is 32.2. The van der Waals surface area contributed by atoms with Crippen molar-refractivity contribution in [3.8, 4) is 0 Å². The van der Waals surface area contributed by atoms with E-state index in [1.54, 1.807) is 11.0 Å². The summed E-state index contributed by atoms with van der Waals surface area (Å²) in [6.07, 6.45) is -1.90. The van der Waals surface area contributed by atoms with Gasteiger partial charge in [0.2, 0.25) is 0 Å². The highest BCUT2D eigenvalue weighted by molar-refractivity contribution is 7.91. The summed E-state index contributed by atoms with van der Waals surface area (Å²) in [5.74, 6) is -1.53. The molecule has 164 valence electrons. The molecule has 1 unspecified atom stereocenters. The standard InChI is InChI=1S/C22H20F3NO4S/c23-22(24,25)16-4-1-2-5-19(16)31(28)15-8-9-18-17(12-15)21(29-10-3-11-30-21)20(27)26(18)13-14-6-7-14/h1-2,4-5,8-9,12,14H,3,6-7,10-11,13H2. The van der Waals surface area contributed by atoms with Gasteiger partial charge in [0, 0.05) is 29.4 Å². The van der Waals surface area contributed by atoms with Gasteiger partial charge in [-0.15, -0.1) is 0 Å². The first kappa shape index (κ1) is 20.8. The summed E-state index contributed by atoms with van der Waals surface area (Å²) in [5, 5.41) is 0. The maximum absolute atomic E-state index is 13.4. The van der Waals surface area contributed by atoms with Crippen molar-refractivity contribution in [2.45, 2.75) is 41.0 Å². The molecule has 31 heavy (non-hydrogen) atoms. The Morgan fingerprint density at radius 2 is 1.84 bits per heavy atom. The lowest BCUT2D eigenvalue weighted by Crippen LogP contribution is -2.47. The van der Waals surface area contributed by atoms with E-state index < -0.39 is 28.7 Å². The van der Waals surface area contributed by atoms with E-state index in [0.29, 0.717) is 43.3 Å². The Hall–Kier alpha value is -2.07. The van der Waals surface area contributed by atoms with Crippen molar-refractivity contribution in [2.75, 3.05) is 24.7 Å². The lowest BCUT2D eigenvalue weighted by atomic mass is 10.1. The normalized spacial score (nSPS) is 21.4. The van der Waals surface area contributed by atoms with Gasteiger partial charge < -0.3 is 18.9 Å². The van der Waals surface area contributed by atoms with Crippen molar-refractivity contribution < 1.29 is 32.0 Å². The fourth-order valence-corrected chi connectivity index (χ4v) is 5.33. The topological polar surface area (TPSA) is 61.8 Å². The third-order valence-electron chi connectivity index (χ3n) is 5.78. The monoisotopic (exact) mass is 451 g/mol. The van der Waals surface area contributed by atoms with Crippen LogP contribution in [0.4, 0.5) is 18.9 Å². The number of fused-ring (bicyclic) bond motifs is 2. The second kappa shape index (κ2) is 7.51. The molecule has 9 heteroatoms. The minimum atomic E-state index is -4.63. The zero-order valence-corrected chi connectivity index (χ0v) is 17.3. The molecule has 1 atom stereocenters. The maximum atomic E-state index is 13.4. The molecule has 5 nitrogen and oxygen atoms in total. The van der Waals surface area contributed by atoms with E-state index in [2.05, 4.69) is 0 Å². The molecular formula is C22H20F3NO4S. The van der Waals surface area contributed by atoms with E-state index in [4.69, 9.17) is 9.47 Å². The molecular weight excluding hydrogens is 431 g/mol. The number of anilines is 1. The van der Waals surface area contributed by atoms with Crippen LogP contribution >= 0.6 is 0 Å². The molecule has 1 saturated heterocycles. The van der Waals surface area contributed by atoms with Crippen LogP contribution in [0.25, 0.3) is 0 Å². The minimum absolute atomic E-state index is 0.161. The molecule has 5 rings (SSSR count). The van der Waals surface area contributed by atoms with Gasteiger partial charge in [0.05, 0.1) is 18.9 Å². The van der Waals surface area contributed by atoms with Crippen LogP contribution in [-0.4, -0.2) is 30.2 Å². The van der Waals surface area contributed by atoms with Crippen molar-refractivity contribution in [1.82, 2.24) is 0 Å². The summed E-state index contributed by atoms with van der Waals surface area (Å²) in [4.78, 5) is 14.8. The third kappa shape index (κ3) is 3.53. The number of carbonyl (C=O) groups excluding carboxylic acids is 1. The summed E-state index contributed by atoms with van der Waals surface area (Å²) in [7, 11) is 0. The second-order valence-electron chi connectivity index (χ2n) is 7.97. The smallest absolute Gasteiger partial charge is 0.421 e. The summed E-state index contributed by atoms with van der Waals surface area (Å²) in [5.41, 5.74) is 0.0667. The van der Waals surface area contributed by atoms with Gasteiger partial charge in [0.15, 0.2) is 9.79 Å². The number of halogens is 3. The highest BCUT2D eigenvalue weighted by Crippen LogP contribution is 2.48. The number of amides is 1. The van der Waals surface area contributed by atoms with E-state index in [1.165, 1.54) is 30.3 Å². The van der Waals surface area contributed by atoms with E-state index in [1.807, 2.05) is 0 Å². The molecule has 0 radical (unpaired) electrons. The lowest BCUT2D eigenvalue weighted by molar-refractivity contribution is -0.256. The van der Waals surface area contributed by atoms with E-state index in [-0.39, 0.29) is 15.7 Å². The van der Waals surface area contributed by atoms with E-state index in [0.717, 1.165) is 18.9 Å². The highest BCUT2D eigenvalue weighted by Gasteiger charge is 2.56. The van der Waals surface area contributed by atoms with Crippen LogP contribution < -0.4 is 4.90 Å². The van der Waals surface area contributed by atoms with Gasteiger partial charge in [-0.05, 0) is 49.4 Å². The number of hydrogen-bond donors (Lipinski definition) is 0. The third-order valence-corrected chi connectivity index (χ3v) is 7.22. The zero-order valence-electron chi connectivity index (χ0n) is 16.5. The first-order valence-electron chi connectivity index (χ1n) is 10.1. The molecule has 3 aliphatic rings. The van der Waals surface area contributed by atoms with Crippen LogP contribution in [0.5, 0.6) is 0 Å². The van der Waals surface area contributed by atoms with Crippen LogP contribution in [0, 0.1) is 5.92 Å². The molecule has 0 bridgehead atoms. The Morgan fingerprint density at radius 1 is 1.13 bits per heavy atom. The van der Waals surface area contributed by atoms with Crippen LogP contribution in [-0.2, 0) is 37.4 Å². The van der Waals surface area contributed by atoms with Crippen molar-refractivity contribution in [3.63, 3.8) is 0 Å². The number of benzene rings is 2. The quantitative estimate of drug-likeness (QED) is 0.654. The number of rotatable bonds is 4. The molecule has 0 N–H and O–H groups in total. The predicted molar refractivity (Wildman–Crippen MR) is 106 cm³/mol. The minimum Gasteiger partial charge on any atom is -0.606 e. The van der Waals surface area contributed by atoms with Crippen LogP contribution in [0.3, 0.4) is 0 Å². The molecule has 1 saturated carbocycles. The van der Waals surface area contributed by atoms with Gasteiger partial charge in [0.25, 0.3) is 11.7 Å². The van der Waals surface area contributed by atoms with Crippen molar-refractivity contribution in [2.24, 2.45) is 5.92 Å². The molecule has 2 fully saturated rings. The molecule has 1 aliphatic carbocycles. The molecule has 2 heterocycles. The Labute approximate surface area is 180 Å². The Balaban J connectivity index is 1.57. The number of alkyl halides is 3. The summed E-state index contributed by atoms with van der Waals surface area (Å²) >= 11 is -2.10. The van der Waals surface area contributed by atoms with Gasteiger partial charge in [-0.25, -0.2) is 0 Å². The number of carbonyl (C=O) groups is 1. The first-order valence-corrected chi connectivity index (χ1v) is 11.3. The van der Waals surface area contributed by atoms with E-state index >= 15 is 0 Å². The molecule has 2 aromatic carbocycles. The van der Waals surface area contributed by atoms with Gasteiger partial charge in [0.1, 0.15) is 5.56 Å². The first-order chi connectivity index (χ1) is 14.8. The Kier molecular flexibility index (Phi) is 5.04. The van der Waals surface area contributed by atoms with Crippen LogP contribution in [0.1, 0.15) is 30.4 Å². The summed E-state index contributed by atoms with van der Waals surface area (Å²) in [6, 6.07) is 9.45. The van der Waals surface area contributed by atoms with Crippen molar-refractivity contribution >= 4 is 22.8 Å². The largest absolute Gasteiger partial charge is 0.606 e. The summed E-state index contributed by atoms with van der Waals surface area (Å²) < 4.78 is 65.1. The lowest BCUT2D eigenvalue weighted by Gasteiger charge is -2.32. The average Bonchev–Trinajstić information content (AvgIpc) is 3.57. The molecule has 1 amide bonds. The number of nitrogens with zero attached hydrogens (tertiary/aromatic N) is 1. The molecule has 1 spiro atoms. The maximum Gasteiger partial charge on any atom is 0.421 e. The van der Waals surface area contributed by atoms with Gasteiger partial charge in [-0.2, -0.15) is 13.2 Å². The summed E-state index contributed by atoms with van der Waals surface area (Å²) in [6.45, 7) is 1.19. The Bertz CT molecular complexity index is 1020. The average molecular weight is 451 g/mol. The predicted octanol–water partition coefficient (Wildman–Crippen LogP) is 4.22. The molecule has 2 aromatic rings. The Morgan fingerprint density at radius 3 is 2.52 bits per heavy atom. The van der Waals surface area contributed by atoms with Gasteiger partial charge in [-0.3, -0.25) is 4.79 Å². The molecule has 0 aromatic heterocycles. The van der Waals surface area contributed by atoms with Crippen LogP contribution in [0.15, 0.2) is 52.3 Å². The number of hydrogen-bond acceptors (Lipinski definition) is 4. The van der Waals surface area contributed by atoms with E-state index in [9.17, 15) is 22.5 Å². The van der Waals surface area contributed by atoms with Gasteiger partial charge in [-0.1, -0.05) is 12.1 Å². The molecule has 2 aliphatic heterocycles. The fourth-order valence-electron chi connectivity index (χ4n) is 4.07.